The summed E-state index contributed by atoms with van der Waals surface area (Å²) in [5.74, 6) is -0.452. The van der Waals surface area contributed by atoms with Crippen LogP contribution in [0.25, 0.3) is 27.9 Å². The molecule has 2 aromatic carbocycles. The third-order valence-corrected chi connectivity index (χ3v) is 5.78. The predicted molar refractivity (Wildman–Crippen MR) is 113 cm³/mol. The third kappa shape index (κ3) is 3.81. The highest BCUT2D eigenvalue weighted by atomic mass is 32.2. The highest BCUT2D eigenvalue weighted by Gasteiger charge is 2.49. The molecule has 0 amide bonds. The highest BCUT2D eigenvalue weighted by Crippen LogP contribution is 2.46. The summed E-state index contributed by atoms with van der Waals surface area (Å²) < 4.78 is 70.0. The van der Waals surface area contributed by atoms with Crippen molar-refractivity contribution in [2.45, 2.75) is 11.9 Å². The Morgan fingerprint density at radius 2 is 1.53 bits per heavy atom. The molecule has 32 heavy (non-hydrogen) atoms. The summed E-state index contributed by atoms with van der Waals surface area (Å²) in [5, 5.41) is 9.04. The number of rotatable bonds is 5. The number of fused-ring (bicyclic) bond motifs is 1. The molecule has 0 aliphatic heterocycles. The minimum absolute atomic E-state index is 0.00547. The molecule has 0 spiro atoms. The van der Waals surface area contributed by atoms with Gasteiger partial charge in [-0.25, -0.2) is 0 Å². The molecule has 0 saturated heterocycles. The molecule has 4 rings (SSSR count). The molecule has 0 atom stereocenters. The van der Waals surface area contributed by atoms with Crippen LogP contribution in [0.5, 0.6) is 5.75 Å². The van der Waals surface area contributed by atoms with Gasteiger partial charge in [-0.3, -0.25) is 0 Å². The van der Waals surface area contributed by atoms with Gasteiger partial charge in [-0.1, -0.05) is 60.7 Å². The van der Waals surface area contributed by atoms with Gasteiger partial charge in [0.15, 0.2) is 5.75 Å². The molecule has 0 aliphatic carbocycles. The van der Waals surface area contributed by atoms with Crippen molar-refractivity contribution in [3.63, 3.8) is 0 Å². The summed E-state index contributed by atoms with van der Waals surface area (Å²) in [6.45, 7) is 0. The standard InChI is InChI=1S/C23H15F3N2O3S/c24-23(25,26)32(29,30)31-22-19-15-16(11-13-27)12-14-28(19)21(18-9-5-2-6-10-18)20(22)17-7-3-1-4-8-17/h1-10,12,14-15H,11H2. The second-order valence-electron chi connectivity index (χ2n) is 6.89. The van der Waals surface area contributed by atoms with Gasteiger partial charge in [0.1, 0.15) is 0 Å². The maximum atomic E-state index is 13.2. The lowest BCUT2D eigenvalue weighted by Crippen LogP contribution is -2.28. The number of hydrogen-bond acceptors (Lipinski definition) is 4. The second-order valence-corrected chi connectivity index (χ2v) is 8.43. The van der Waals surface area contributed by atoms with E-state index >= 15 is 0 Å². The molecule has 162 valence electrons. The fourth-order valence-corrected chi connectivity index (χ4v) is 3.95. The zero-order valence-electron chi connectivity index (χ0n) is 16.4. The summed E-state index contributed by atoms with van der Waals surface area (Å²) >= 11 is 0. The Morgan fingerprint density at radius 1 is 0.938 bits per heavy atom. The van der Waals surface area contributed by atoms with Crippen molar-refractivity contribution in [3.8, 4) is 34.2 Å². The van der Waals surface area contributed by atoms with Crippen molar-refractivity contribution in [1.29, 1.82) is 5.26 Å². The summed E-state index contributed by atoms with van der Waals surface area (Å²) in [4.78, 5) is 0. The van der Waals surface area contributed by atoms with Crippen molar-refractivity contribution in [2.75, 3.05) is 0 Å². The molecule has 0 radical (unpaired) electrons. The van der Waals surface area contributed by atoms with Gasteiger partial charge in [-0.05, 0) is 28.8 Å². The molecule has 0 bridgehead atoms. The first kappa shape index (κ1) is 21.5. The number of aromatic nitrogens is 1. The molecule has 2 heterocycles. The van der Waals surface area contributed by atoms with Gasteiger partial charge >= 0.3 is 15.6 Å². The van der Waals surface area contributed by atoms with Gasteiger partial charge in [0.25, 0.3) is 0 Å². The zero-order valence-corrected chi connectivity index (χ0v) is 17.2. The van der Waals surface area contributed by atoms with Crippen molar-refractivity contribution >= 4 is 15.6 Å². The molecule has 0 fully saturated rings. The van der Waals surface area contributed by atoms with E-state index in [9.17, 15) is 21.6 Å². The van der Waals surface area contributed by atoms with E-state index in [1.807, 2.05) is 6.07 Å². The predicted octanol–water partition coefficient (Wildman–Crippen LogP) is 5.57. The maximum absolute atomic E-state index is 13.2. The number of pyridine rings is 1. The van der Waals surface area contributed by atoms with Crippen LogP contribution in [-0.4, -0.2) is 18.3 Å². The Bertz CT molecular complexity index is 1420. The van der Waals surface area contributed by atoms with E-state index in [4.69, 9.17) is 9.44 Å². The first-order chi connectivity index (χ1) is 15.2. The number of halogens is 3. The minimum atomic E-state index is -5.95. The molecule has 9 heteroatoms. The maximum Gasteiger partial charge on any atom is 0.534 e. The van der Waals surface area contributed by atoms with Crippen molar-refractivity contribution in [1.82, 2.24) is 4.40 Å². The first-order valence-corrected chi connectivity index (χ1v) is 10.8. The van der Waals surface area contributed by atoms with Gasteiger partial charge in [0.2, 0.25) is 0 Å². The fourth-order valence-electron chi connectivity index (χ4n) is 3.46. The monoisotopic (exact) mass is 456 g/mol. The molecule has 2 aromatic heterocycles. The number of nitrogens with zero attached hydrogens (tertiary/aromatic N) is 2. The quantitative estimate of drug-likeness (QED) is 0.291. The summed E-state index contributed by atoms with van der Waals surface area (Å²) in [6.07, 6.45) is 1.58. The van der Waals surface area contributed by atoms with E-state index in [1.165, 1.54) is 6.07 Å². The topological polar surface area (TPSA) is 71.6 Å². The van der Waals surface area contributed by atoms with Gasteiger partial charge < -0.3 is 8.58 Å². The summed E-state index contributed by atoms with van der Waals surface area (Å²) in [7, 11) is -5.95. The Labute approximate surface area is 182 Å². The van der Waals surface area contributed by atoms with Crippen LogP contribution in [-0.2, 0) is 16.5 Å². The van der Waals surface area contributed by atoms with Gasteiger partial charge in [-0.15, -0.1) is 0 Å². The van der Waals surface area contributed by atoms with Crippen molar-refractivity contribution in [3.05, 3.63) is 84.6 Å². The molecular weight excluding hydrogens is 441 g/mol. The van der Waals surface area contributed by atoms with E-state index in [1.54, 1.807) is 77.3 Å². The third-order valence-electron chi connectivity index (χ3n) is 4.83. The van der Waals surface area contributed by atoms with Crippen LogP contribution in [0.3, 0.4) is 0 Å². The van der Waals surface area contributed by atoms with Crippen molar-refractivity contribution in [2.24, 2.45) is 0 Å². The van der Waals surface area contributed by atoms with Crippen LogP contribution in [0.1, 0.15) is 5.56 Å². The van der Waals surface area contributed by atoms with E-state index in [0.29, 0.717) is 22.4 Å². The lowest BCUT2D eigenvalue weighted by Gasteiger charge is -2.12. The smallest absolute Gasteiger partial charge is 0.373 e. The lowest BCUT2D eigenvalue weighted by atomic mass is 10.0. The van der Waals surface area contributed by atoms with Crippen LogP contribution in [0.15, 0.2) is 79.0 Å². The largest absolute Gasteiger partial charge is 0.534 e. The number of hydrogen-bond donors (Lipinski definition) is 0. The zero-order chi connectivity index (χ0) is 22.9. The van der Waals surface area contributed by atoms with Crippen LogP contribution < -0.4 is 4.18 Å². The molecule has 5 nitrogen and oxygen atoms in total. The fraction of sp³-hybridized carbons (Fsp3) is 0.0870. The number of alkyl halides is 3. The molecule has 0 aliphatic rings. The average molecular weight is 456 g/mol. The first-order valence-electron chi connectivity index (χ1n) is 9.38. The molecule has 0 unspecified atom stereocenters. The van der Waals surface area contributed by atoms with E-state index < -0.39 is 21.4 Å². The number of benzene rings is 2. The minimum Gasteiger partial charge on any atom is -0.373 e. The second kappa shape index (κ2) is 8.05. The Balaban J connectivity index is 2.13. The molecule has 4 aromatic rings. The van der Waals surface area contributed by atoms with Gasteiger partial charge in [0.05, 0.1) is 29.3 Å². The van der Waals surface area contributed by atoms with E-state index in [0.717, 1.165) is 0 Å². The van der Waals surface area contributed by atoms with Crippen molar-refractivity contribution < 1.29 is 25.8 Å². The molecule has 0 saturated carbocycles. The van der Waals surface area contributed by atoms with Gasteiger partial charge in [-0.2, -0.15) is 26.9 Å². The van der Waals surface area contributed by atoms with E-state index in [2.05, 4.69) is 0 Å². The van der Waals surface area contributed by atoms with Crippen LogP contribution >= 0.6 is 0 Å². The normalized spacial score (nSPS) is 11.9. The van der Waals surface area contributed by atoms with Gasteiger partial charge in [0, 0.05) is 6.20 Å². The SMILES string of the molecule is N#CCc1ccn2c(-c3ccccc3)c(-c3ccccc3)c(OS(=O)(=O)C(F)(F)F)c2c1. The summed E-state index contributed by atoms with van der Waals surface area (Å²) in [5.41, 5.74) is -3.22. The number of nitriles is 1. The molecular formula is C23H15F3N2O3S. The van der Waals surface area contributed by atoms with Crippen LogP contribution in [0.4, 0.5) is 13.2 Å². The Morgan fingerprint density at radius 3 is 2.09 bits per heavy atom. The molecule has 0 N–H and O–H groups in total. The summed E-state index contributed by atoms with van der Waals surface area (Å²) in [6, 6.07) is 22.4. The van der Waals surface area contributed by atoms with Crippen LogP contribution in [0.2, 0.25) is 0 Å². The Hall–Kier alpha value is -3.77. The highest BCUT2D eigenvalue weighted by molar-refractivity contribution is 7.88. The average Bonchev–Trinajstić information content (AvgIpc) is 3.07. The Kier molecular flexibility index (Phi) is 5.40. The van der Waals surface area contributed by atoms with E-state index in [-0.39, 0.29) is 17.5 Å². The lowest BCUT2D eigenvalue weighted by molar-refractivity contribution is -0.0499. The van der Waals surface area contributed by atoms with Crippen LogP contribution in [0, 0.1) is 11.3 Å².